The van der Waals surface area contributed by atoms with Gasteiger partial charge in [0.25, 0.3) is 0 Å². The molecule has 66 valence electrons. The third-order valence-electron chi connectivity index (χ3n) is 0.842. The average molecular weight is 229 g/mol. The summed E-state index contributed by atoms with van der Waals surface area (Å²) in [7, 11) is 0. The van der Waals surface area contributed by atoms with Crippen molar-refractivity contribution >= 4 is 29.2 Å². The van der Waals surface area contributed by atoms with Crippen LogP contribution in [0.2, 0.25) is 5.02 Å². The number of hydrogen-bond donors (Lipinski definition) is 0. The number of aliphatic carboxylic acids is 1. The Hall–Kier alpha value is 0.270. The van der Waals surface area contributed by atoms with Crippen LogP contribution in [0.15, 0.2) is 30.3 Å². The topological polar surface area (TPSA) is 40.1 Å². The van der Waals surface area contributed by atoms with E-state index in [9.17, 15) is 0 Å². The van der Waals surface area contributed by atoms with E-state index in [-0.39, 0.29) is 29.6 Å². The van der Waals surface area contributed by atoms with Gasteiger partial charge in [0.1, 0.15) is 0 Å². The molecule has 0 N–H and O–H groups in total. The fourth-order valence-corrected chi connectivity index (χ4v) is 0.560. The first kappa shape index (κ1) is 15.7. The number of carboxylic acids is 1. The molecule has 13 heavy (non-hydrogen) atoms. The zero-order valence-electron chi connectivity index (χ0n) is 7.17. The molecule has 0 bridgehead atoms. The number of carbonyl (C=O) groups excluding carboxylic acids is 1. The van der Waals surface area contributed by atoms with Gasteiger partial charge in [-0.1, -0.05) is 29.8 Å². The number of benzene rings is 1. The molecule has 1 aromatic carbocycles. The largest absolute Gasteiger partial charge is 1.00 e. The van der Waals surface area contributed by atoms with Crippen LogP contribution in [0.25, 0.3) is 0 Å². The number of alkyl halides is 1. The van der Waals surface area contributed by atoms with Gasteiger partial charge < -0.3 is 9.90 Å². The normalized spacial score (nSPS) is 7.54. The van der Waals surface area contributed by atoms with Crippen molar-refractivity contribution in [1.82, 2.24) is 0 Å². The maximum Gasteiger partial charge on any atom is 1.00 e. The van der Waals surface area contributed by atoms with E-state index in [1.807, 2.05) is 30.3 Å². The standard InChI is InChI=1S/C6H5Cl.C2H3ClO2.Na/c7-6-4-2-1-3-5-6;3-1-2(4)5;/h1-5H;1H2,(H,4,5);/q;;+1/p-1. The summed E-state index contributed by atoms with van der Waals surface area (Å²) in [5, 5.41) is 9.92. The van der Waals surface area contributed by atoms with Gasteiger partial charge in [0.05, 0.1) is 11.8 Å². The molecule has 0 aromatic heterocycles. The molecular weight excluding hydrogens is 222 g/mol. The van der Waals surface area contributed by atoms with E-state index in [1.165, 1.54) is 0 Å². The van der Waals surface area contributed by atoms with Crippen LogP contribution in [0, 0.1) is 0 Å². The molecule has 0 radical (unpaired) electrons. The Morgan fingerprint density at radius 2 is 1.69 bits per heavy atom. The molecule has 0 heterocycles. The van der Waals surface area contributed by atoms with Crippen LogP contribution in [0.4, 0.5) is 0 Å². The molecule has 0 aliphatic carbocycles. The van der Waals surface area contributed by atoms with Crippen molar-refractivity contribution in [2.24, 2.45) is 0 Å². The maximum atomic E-state index is 9.12. The smallest absolute Gasteiger partial charge is 0.549 e. The van der Waals surface area contributed by atoms with E-state index in [1.54, 1.807) is 0 Å². The summed E-state index contributed by atoms with van der Waals surface area (Å²) in [5.74, 6) is -1.65. The molecule has 1 rings (SSSR count). The monoisotopic (exact) mass is 228 g/mol. The fraction of sp³-hybridized carbons (Fsp3) is 0.125. The first-order valence-electron chi connectivity index (χ1n) is 3.13. The summed E-state index contributed by atoms with van der Waals surface area (Å²) in [6.07, 6.45) is 0. The summed E-state index contributed by atoms with van der Waals surface area (Å²) in [6, 6.07) is 9.44. The molecule has 1 aromatic rings. The Morgan fingerprint density at radius 1 is 1.31 bits per heavy atom. The predicted molar refractivity (Wildman–Crippen MR) is 47.2 cm³/mol. The van der Waals surface area contributed by atoms with Crippen LogP contribution < -0.4 is 34.7 Å². The Morgan fingerprint density at radius 3 is 1.85 bits per heavy atom. The van der Waals surface area contributed by atoms with Crippen molar-refractivity contribution < 1.29 is 39.5 Å². The summed E-state index contributed by atoms with van der Waals surface area (Å²) in [6.45, 7) is 0. The third-order valence-corrected chi connectivity index (χ3v) is 1.31. The molecule has 0 saturated heterocycles. The summed E-state index contributed by atoms with van der Waals surface area (Å²) >= 11 is 10.2. The Balaban J connectivity index is 0. The molecule has 0 fully saturated rings. The van der Waals surface area contributed by atoms with E-state index >= 15 is 0 Å². The third kappa shape index (κ3) is 12.3. The minimum atomic E-state index is -1.23. The van der Waals surface area contributed by atoms with E-state index in [0.29, 0.717) is 0 Å². The summed E-state index contributed by atoms with van der Waals surface area (Å²) in [5.41, 5.74) is 0. The molecule has 5 heteroatoms. The van der Waals surface area contributed by atoms with Crippen molar-refractivity contribution in [2.75, 3.05) is 5.88 Å². The van der Waals surface area contributed by atoms with Crippen LogP contribution in [0.1, 0.15) is 0 Å². The van der Waals surface area contributed by atoms with Crippen molar-refractivity contribution in [3.05, 3.63) is 35.4 Å². The molecular formula is C8H7Cl2NaO2. The zero-order chi connectivity index (χ0) is 9.40. The van der Waals surface area contributed by atoms with Crippen LogP contribution >= 0.6 is 23.2 Å². The average Bonchev–Trinajstić information content (AvgIpc) is 2.07. The van der Waals surface area contributed by atoms with E-state index in [0.717, 1.165) is 5.02 Å². The van der Waals surface area contributed by atoms with Gasteiger partial charge in [0.15, 0.2) is 0 Å². The second-order valence-corrected chi connectivity index (χ2v) is 2.50. The zero-order valence-corrected chi connectivity index (χ0v) is 10.7. The van der Waals surface area contributed by atoms with Gasteiger partial charge in [0.2, 0.25) is 0 Å². The molecule has 0 spiro atoms. The first-order valence-corrected chi connectivity index (χ1v) is 4.04. The Bertz CT molecular complexity index is 229. The van der Waals surface area contributed by atoms with Gasteiger partial charge in [-0.25, -0.2) is 0 Å². The second kappa shape index (κ2) is 10.4. The molecule has 0 aliphatic heterocycles. The minimum absolute atomic E-state index is 0. The van der Waals surface area contributed by atoms with Crippen LogP contribution in [0.5, 0.6) is 0 Å². The molecule has 0 saturated carbocycles. The van der Waals surface area contributed by atoms with Crippen LogP contribution in [0.3, 0.4) is 0 Å². The predicted octanol–water partition coefficient (Wildman–Crippen LogP) is -1.68. The van der Waals surface area contributed by atoms with Crippen molar-refractivity contribution in [1.29, 1.82) is 0 Å². The van der Waals surface area contributed by atoms with E-state index in [4.69, 9.17) is 21.5 Å². The van der Waals surface area contributed by atoms with Crippen molar-refractivity contribution in [3.63, 3.8) is 0 Å². The van der Waals surface area contributed by atoms with Gasteiger partial charge in [-0.3, -0.25) is 0 Å². The van der Waals surface area contributed by atoms with Gasteiger partial charge in [-0.05, 0) is 12.1 Å². The van der Waals surface area contributed by atoms with Crippen molar-refractivity contribution in [3.8, 4) is 0 Å². The Labute approximate surface area is 109 Å². The summed E-state index contributed by atoms with van der Waals surface area (Å²) < 4.78 is 0. The van der Waals surface area contributed by atoms with Gasteiger partial charge in [-0.2, -0.15) is 0 Å². The van der Waals surface area contributed by atoms with Crippen molar-refractivity contribution in [2.45, 2.75) is 0 Å². The van der Waals surface area contributed by atoms with Crippen LogP contribution in [-0.4, -0.2) is 11.8 Å². The number of halogens is 2. The molecule has 0 aliphatic rings. The quantitative estimate of drug-likeness (QED) is 0.426. The number of hydrogen-bond acceptors (Lipinski definition) is 2. The first-order chi connectivity index (χ1) is 5.66. The van der Waals surface area contributed by atoms with Crippen LogP contribution in [-0.2, 0) is 4.79 Å². The van der Waals surface area contributed by atoms with Gasteiger partial charge >= 0.3 is 29.6 Å². The van der Waals surface area contributed by atoms with E-state index in [2.05, 4.69) is 11.6 Å². The number of carboxylic acid groups (broad SMARTS) is 1. The van der Waals surface area contributed by atoms with Gasteiger partial charge in [-0.15, -0.1) is 11.6 Å². The number of carbonyl (C=O) groups is 1. The second-order valence-electron chi connectivity index (χ2n) is 1.80. The molecule has 0 unspecified atom stereocenters. The number of rotatable bonds is 1. The Kier molecular flexibility index (Phi) is 12.5. The SMILES string of the molecule is Clc1ccccc1.O=C([O-])CCl.[Na+]. The molecule has 0 amide bonds. The fourth-order valence-electron chi connectivity index (χ4n) is 0.415. The summed E-state index contributed by atoms with van der Waals surface area (Å²) in [4.78, 5) is 9.12. The van der Waals surface area contributed by atoms with Gasteiger partial charge in [0, 0.05) is 5.02 Å². The molecule has 0 atom stereocenters. The maximum absolute atomic E-state index is 9.12. The minimum Gasteiger partial charge on any atom is -0.549 e. The van der Waals surface area contributed by atoms with E-state index < -0.39 is 11.8 Å². The molecule has 2 nitrogen and oxygen atoms in total.